The summed E-state index contributed by atoms with van der Waals surface area (Å²) in [4.78, 5) is 23.1. The van der Waals surface area contributed by atoms with Crippen LogP contribution >= 0.6 is 0 Å². The van der Waals surface area contributed by atoms with Gasteiger partial charge in [-0.1, -0.05) is 26.0 Å². The average molecular weight is 342 g/mol. The van der Waals surface area contributed by atoms with Gasteiger partial charge in [0.25, 0.3) is 5.69 Å². The minimum absolute atomic E-state index is 0.00225. The number of carbonyl (C=O) groups is 1. The Morgan fingerprint density at radius 1 is 1.12 bits per heavy atom. The van der Waals surface area contributed by atoms with Crippen molar-refractivity contribution in [3.05, 3.63) is 58.1 Å². The summed E-state index contributed by atoms with van der Waals surface area (Å²) in [6.45, 7) is 4.04. The van der Waals surface area contributed by atoms with Crippen LogP contribution in [0.5, 0.6) is 11.5 Å². The molecule has 1 aliphatic rings. The van der Waals surface area contributed by atoms with Crippen molar-refractivity contribution in [2.75, 3.05) is 12.1 Å². The van der Waals surface area contributed by atoms with Crippen LogP contribution in [0.1, 0.15) is 25.3 Å². The second kappa shape index (κ2) is 6.80. The van der Waals surface area contributed by atoms with Gasteiger partial charge >= 0.3 is 0 Å². The summed E-state index contributed by atoms with van der Waals surface area (Å²) in [6, 6.07) is 11.3. The van der Waals surface area contributed by atoms with E-state index in [9.17, 15) is 14.9 Å². The van der Waals surface area contributed by atoms with Gasteiger partial charge in [-0.3, -0.25) is 14.9 Å². The van der Waals surface area contributed by atoms with E-state index in [0.29, 0.717) is 17.2 Å². The number of nitro groups is 1. The smallest absolute Gasteiger partial charge is 0.269 e. The summed E-state index contributed by atoms with van der Waals surface area (Å²) < 4.78 is 10.6. The topological polar surface area (TPSA) is 90.7 Å². The molecule has 0 aliphatic carbocycles. The number of hydrogen-bond acceptors (Lipinski definition) is 5. The molecular formula is C18H18N2O5. The van der Waals surface area contributed by atoms with Gasteiger partial charge in [0.2, 0.25) is 12.7 Å². The largest absolute Gasteiger partial charge is 0.454 e. The molecule has 7 heteroatoms. The van der Waals surface area contributed by atoms with Crippen LogP contribution in [0.4, 0.5) is 11.4 Å². The van der Waals surface area contributed by atoms with E-state index in [0.717, 1.165) is 5.56 Å². The molecule has 0 bridgehead atoms. The summed E-state index contributed by atoms with van der Waals surface area (Å²) in [5.41, 5.74) is 1.35. The zero-order valence-electron chi connectivity index (χ0n) is 13.9. The highest BCUT2D eigenvalue weighted by atomic mass is 16.7. The van der Waals surface area contributed by atoms with E-state index in [2.05, 4.69) is 5.32 Å². The molecule has 1 atom stereocenters. The predicted molar refractivity (Wildman–Crippen MR) is 91.9 cm³/mol. The van der Waals surface area contributed by atoms with Crippen molar-refractivity contribution >= 4 is 17.3 Å². The Hall–Kier alpha value is -3.09. The van der Waals surface area contributed by atoms with Crippen LogP contribution in [0.2, 0.25) is 0 Å². The number of anilines is 1. The first-order chi connectivity index (χ1) is 12.0. The fourth-order valence-corrected chi connectivity index (χ4v) is 2.84. The molecule has 1 unspecified atom stereocenters. The van der Waals surface area contributed by atoms with E-state index in [1.165, 1.54) is 12.1 Å². The van der Waals surface area contributed by atoms with Gasteiger partial charge in [0, 0.05) is 23.9 Å². The quantitative estimate of drug-likeness (QED) is 0.661. The lowest BCUT2D eigenvalue weighted by atomic mass is 9.87. The van der Waals surface area contributed by atoms with Crippen molar-refractivity contribution < 1.29 is 19.2 Å². The molecule has 2 aromatic rings. The Morgan fingerprint density at radius 2 is 1.80 bits per heavy atom. The summed E-state index contributed by atoms with van der Waals surface area (Å²) in [5.74, 6) is 0.660. The van der Waals surface area contributed by atoms with E-state index in [-0.39, 0.29) is 24.3 Å². The predicted octanol–water partition coefficient (Wildman–Crippen LogP) is 3.70. The summed E-state index contributed by atoms with van der Waals surface area (Å²) in [5, 5.41) is 13.7. The number of amides is 1. The molecule has 130 valence electrons. The van der Waals surface area contributed by atoms with Gasteiger partial charge in [0.05, 0.1) is 10.8 Å². The Balaban J connectivity index is 1.80. The van der Waals surface area contributed by atoms with Crippen LogP contribution in [0.25, 0.3) is 0 Å². The summed E-state index contributed by atoms with van der Waals surface area (Å²) >= 11 is 0. The third-order valence-electron chi connectivity index (χ3n) is 4.05. The number of nitro benzene ring substituents is 1. The second-order valence-corrected chi connectivity index (χ2v) is 6.13. The minimum atomic E-state index is -0.457. The molecule has 0 radical (unpaired) electrons. The lowest BCUT2D eigenvalue weighted by Gasteiger charge is -2.20. The van der Waals surface area contributed by atoms with Gasteiger partial charge in [0.1, 0.15) is 0 Å². The lowest BCUT2D eigenvalue weighted by molar-refractivity contribution is -0.384. The maximum absolute atomic E-state index is 12.8. The fraction of sp³-hybridized carbons (Fsp3) is 0.278. The first-order valence-electron chi connectivity index (χ1n) is 7.90. The highest BCUT2D eigenvalue weighted by molar-refractivity contribution is 5.96. The highest BCUT2D eigenvalue weighted by Crippen LogP contribution is 2.35. The molecule has 2 aromatic carbocycles. The van der Waals surface area contributed by atoms with Crippen LogP contribution in [0, 0.1) is 16.0 Å². The number of non-ortho nitro benzene ring substituents is 1. The van der Waals surface area contributed by atoms with Gasteiger partial charge in [-0.05, 0) is 23.6 Å². The third kappa shape index (κ3) is 3.55. The number of ether oxygens (including phenoxy) is 2. The van der Waals surface area contributed by atoms with Crippen LogP contribution in [-0.2, 0) is 4.79 Å². The molecule has 1 amide bonds. The fourth-order valence-electron chi connectivity index (χ4n) is 2.84. The van der Waals surface area contributed by atoms with E-state index < -0.39 is 10.8 Å². The van der Waals surface area contributed by atoms with Gasteiger partial charge in [0.15, 0.2) is 11.5 Å². The van der Waals surface area contributed by atoms with Crippen LogP contribution < -0.4 is 14.8 Å². The Labute approximate surface area is 144 Å². The number of fused-ring (bicyclic) bond motifs is 1. The van der Waals surface area contributed by atoms with Gasteiger partial charge in [-0.15, -0.1) is 0 Å². The molecule has 1 heterocycles. The van der Waals surface area contributed by atoms with Crippen molar-refractivity contribution in [2.45, 2.75) is 19.8 Å². The second-order valence-electron chi connectivity index (χ2n) is 6.13. The molecule has 0 aromatic heterocycles. The van der Waals surface area contributed by atoms with E-state index in [4.69, 9.17) is 9.47 Å². The molecule has 1 N–H and O–H groups in total. The first kappa shape index (κ1) is 16.8. The molecule has 0 fully saturated rings. The zero-order valence-corrected chi connectivity index (χ0v) is 13.9. The molecular weight excluding hydrogens is 324 g/mol. The van der Waals surface area contributed by atoms with Crippen LogP contribution in [0.3, 0.4) is 0 Å². The molecule has 1 aliphatic heterocycles. The van der Waals surface area contributed by atoms with Gasteiger partial charge < -0.3 is 14.8 Å². The highest BCUT2D eigenvalue weighted by Gasteiger charge is 2.25. The maximum atomic E-state index is 12.8. The van der Waals surface area contributed by atoms with Gasteiger partial charge in [-0.25, -0.2) is 0 Å². The number of rotatable bonds is 5. The van der Waals surface area contributed by atoms with Crippen molar-refractivity contribution in [3.8, 4) is 11.5 Å². The van der Waals surface area contributed by atoms with Crippen molar-refractivity contribution in [3.63, 3.8) is 0 Å². The molecule has 7 nitrogen and oxygen atoms in total. The SMILES string of the molecule is CC(C)C(C(=O)Nc1ccc2c(c1)OCO2)c1ccc([N+](=O)[O-])cc1. The van der Waals surface area contributed by atoms with Crippen LogP contribution in [0.15, 0.2) is 42.5 Å². The first-order valence-corrected chi connectivity index (χ1v) is 7.90. The van der Waals surface area contributed by atoms with Crippen molar-refractivity contribution in [1.29, 1.82) is 0 Å². The maximum Gasteiger partial charge on any atom is 0.269 e. The standard InChI is InChI=1S/C18H18N2O5/c1-11(2)17(12-3-6-14(7-4-12)20(22)23)18(21)19-13-5-8-15-16(9-13)25-10-24-15/h3-9,11,17H,10H2,1-2H3,(H,19,21). The molecule has 0 saturated heterocycles. The van der Waals surface area contributed by atoms with E-state index in [1.54, 1.807) is 30.3 Å². The Kier molecular flexibility index (Phi) is 4.56. The number of benzene rings is 2. The summed E-state index contributed by atoms with van der Waals surface area (Å²) in [7, 11) is 0. The Bertz CT molecular complexity index is 802. The number of carbonyl (C=O) groups excluding carboxylic acids is 1. The number of nitrogens with one attached hydrogen (secondary N) is 1. The van der Waals surface area contributed by atoms with E-state index in [1.807, 2.05) is 13.8 Å². The number of nitrogens with zero attached hydrogens (tertiary/aromatic N) is 1. The Morgan fingerprint density at radius 3 is 2.44 bits per heavy atom. The average Bonchev–Trinajstić information content (AvgIpc) is 3.02. The number of hydrogen-bond donors (Lipinski definition) is 1. The summed E-state index contributed by atoms with van der Waals surface area (Å²) in [6.07, 6.45) is 0. The van der Waals surface area contributed by atoms with Crippen molar-refractivity contribution in [1.82, 2.24) is 0 Å². The molecule has 3 rings (SSSR count). The third-order valence-corrected chi connectivity index (χ3v) is 4.05. The normalized spacial score (nSPS) is 13.6. The monoisotopic (exact) mass is 342 g/mol. The molecule has 0 spiro atoms. The molecule has 0 saturated carbocycles. The minimum Gasteiger partial charge on any atom is -0.454 e. The van der Waals surface area contributed by atoms with Crippen LogP contribution in [-0.4, -0.2) is 17.6 Å². The van der Waals surface area contributed by atoms with Gasteiger partial charge in [-0.2, -0.15) is 0 Å². The molecule has 25 heavy (non-hydrogen) atoms. The lowest BCUT2D eigenvalue weighted by Crippen LogP contribution is -2.25. The zero-order chi connectivity index (χ0) is 18.0. The van der Waals surface area contributed by atoms with Crippen molar-refractivity contribution in [2.24, 2.45) is 5.92 Å². The van der Waals surface area contributed by atoms with E-state index >= 15 is 0 Å².